The zero-order valence-corrected chi connectivity index (χ0v) is 11.8. The fourth-order valence-electron chi connectivity index (χ4n) is 1.39. The minimum absolute atomic E-state index is 0.506. The van der Waals surface area contributed by atoms with Gasteiger partial charge in [-0.15, -0.1) is 11.3 Å². The molecule has 0 unspecified atom stereocenters. The summed E-state index contributed by atoms with van der Waals surface area (Å²) in [6.45, 7) is 2.75. The number of anilines is 2. The van der Waals surface area contributed by atoms with Crippen molar-refractivity contribution in [2.75, 3.05) is 11.1 Å². The van der Waals surface area contributed by atoms with Crippen molar-refractivity contribution in [3.63, 3.8) is 0 Å². The van der Waals surface area contributed by atoms with Crippen LogP contribution in [0.5, 0.6) is 0 Å². The Labute approximate surface area is 112 Å². The van der Waals surface area contributed by atoms with E-state index in [2.05, 4.69) is 37.3 Å². The molecule has 0 saturated heterocycles. The second kappa shape index (κ2) is 5.46. The second-order valence-corrected chi connectivity index (χ2v) is 6.05. The highest BCUT2D eigenvalue weighted by Crippen LogP contribution is 2.22. The van der Waals surface area contributed by atoms with Crippen LogP contribution in [0.2, 0.25) is 0 Å². The Morgan fingerprint density at radius 3 is 2.88 bits per heavy atom. The van der Waals surface area contributed by atoms with Gasteiger partial charge in [-0.2, -0.15) is 0 Å². The predicted octanol–water partition coefficient (Wildman–Crippen LogP) is 3.06. The molecule has 17 heavy (non-hydrogen) atoms. The molecule has 0 amide bonds. The van der Waals surface area contributed by atoms with Crippen molar-refractivity contribution in [3.05, 3.63) is 32.7 Å². The molecule has 2 aromatic heterocycles. The van der Waals surface area contributed by atoms with Gasteiger partial charge < -0.3 is 11.1 Å². The molecule has 0 aliphatic heterocycles. The summed E-state index contributed by atoms with van der Waals surface area (Å²) in [7, 11) is 0. The maximum Gasteiger partial charge on any atom is 0.132 e. The molecule has 4 nitrogen and oxygen atoms in total. The number of halogens is 1. The summed E-state index contributed by atoms with van der Waals surface area (Å²) >= 11 is 5.14. The number of nitrogens with one attached hydrogen (secondary N) is 1. The van der Waals surface area contributed by atoms with Gasteiger partial charge in [0, 0.05) is 17.4 Å². The van der Waals surface area contributed by atoms with Crippen LogP contribution in [0, 0.1) is 0 Å². The van der Waals surface area contributed by atoms with E-state index in [1.807, 2.05) is 13.0 Å². The minimum atomic E-state index is 0.506. The van der Waals surface area contributed by atoms with Gasteiger partial charge in [0.1, 0.15) is 17.5 Å². The molecule has 0 bridgehead atoms. The lowest BCUT2D eigenvalue weighted by molar-refractivity contribution is 0.939. The molecule has 2 heterocycles. The third-order valence-corrected chi connectivity index (χ3v) is 3.80. The van der Waals surface area contributed by atoms with E-state index >= 15 is 0 Å². The fraction of sp³-hybridized carbons (Fsp3) is 0.273. The number of nitrogens with two attached hydrogens (primary N) is 1. The maximum atomic E-state index is 5.71. The summed E-state index contributed by atoms with van der Waals surface area (Å²) < 4.78 is 1.13. The zero-order chi connectivity index (χ0) is 12.3. The standard InChI is InChI=1S/C11H13BrN4S/c1-2-10-15-9(13)5-11(16-10)14-6-7-3-4-8(12)17-7/h3-5H,2,6H2,1H3,(H3,13,14,15,16). The molecular weight excluding hydrogens is 300 g/mol. The lowest BCUT2D eigenvalue weighted by atomic mass is 10.4. The molecule has 2 aromatic rings. The largest absolute Gasteiger partial charge is 0.384 e. The summed E-state index contributed by atoms with van der Waals surface area (Å²) in [6, 6.07) is 5.86. The van der Waals surface area contributed by atoms with E-state index < -0.39 is 0 Å². The van der Waals surface area contributed by atoms with Crippen molar-refractivity contribution in [2.24, 2.45) is 0 Å². The van der Waals surface area contributed by atoms with Gasteiger partial charge in [-0.3, -0.25) is 0 Å². The minimum Gasteiger partial charge on any atom is -0.384 e. The number of aryl methyl sites for hydroxylation is 1. The Bertz CT molecular complexity index is 512. The normalized spacial score (nSPS) is 10.5. The molecule has 6 heteroatoms. The number of aromatic nitrogens is 2. The Morgan fingerprint density at radius 1 is 1.41 bits per heavy atom. The van der Waals surface area contributed by atoms with Gasteiger partial charge in [0.2, 0.25) is 0 Å². The first-order chi connectivity index (χ1) is 8.17. The molecule has 0 fully saturated rings. The molecule has 0 radical (unpaired) electrons. The van der Waals surface area contributed by atoms with E-state index in [1.54, 1.807) is 17.4 Å². The fourth-order valence-corrected chi connectivity index (χ4v) is 2.81. The van der Waals surface area contributed by atoms with Gasteiger partial charge in [-0.05, 0) is 28.1 Å². The lowest BCUT2D eigenvalue weighted by Gasteiger charge is -2.06. The van der Waals surface area contributed by atoms with E-state index in [0.717, 1.165) is 28.4 Å². The number of nitrogens with zero attached hydrogens (tertiary/aromatic N) is 2. The van der Waals surface area contributed by atoms with Crippen LogP contribution >= 0.6 is 27.3 Å². The summed E-state index contributed by atoms with van der Waals surface area (Å²) in [4.78, 5) is 9.74. The molecule has 90 valence electrons. The number of nitrogen functional groups attached to an aromatic ring is 1. The number of thiophene rings is 1. The van der Waals surface area contributed by atoms with Crippen LogP contribution in [-0.4, -0.2) is 9.97 Å². The third kappa shape index (κ3) is 3.41. The van der Waals surface area contributed by atoms with Gasteiger partial charge in [-0.1, -0.05) is 6.92 Å². The molecule has 0 spiro atoms. The Morgan fingerprint density at radius 2 is 2.24 bits per heavy atom. The van der Waals surface area contributed by atoms with E-state index in [0.29, 0.717) is 5.82 Å². The van der Waals surface area contributed by atoms with E-state index in [4.69, 9.17) is 5.73 Å². The van der Waals surface area contributed by atoms with Crippen LogP contribution in [0.4, 0.5) is 11.6 Å². The molecular formula is C11H13BrN4S. The van der Waals surface area contributed by atoms with Crippen molar-refractivity contribution in [1.29, 1.82) is 0 Å². The van der Waals surface area contributed by atoms with E-state index in [-0.39, 0.29) is 0 Å². The zero-order valence-electron chi connectivity index (χ0n) is 9.40. The van der Waals surface area contributed by atoms with Gasteiger partial charge in [0.15, 0.2) is 0 Å². The van der Waals surface area contributed by atoms with Crippen LogP contribution in [0.1, 0.15) is 17.6 Å². The summed E-state index contributed by atoms with van der Waals surface area (Å²) in [5.41, 5.74) is 5.71. The van der Waals surface area contributed by atoms with Crippen LogP contribution in [0.3, 0.4) is 0 Å². The Hall–Kier alpha value is -1.14. The van der Waals surface area contributed by atoms with Crippen LogP contribution in [-0.2, 0) is 13.0 Å². The van der Waals surface area contributed by atoms with Crippen LogP contribution in [0.25, 0.3) is 0 Å². The third-order valence-electron chi connectivity index (χ3n) is 2.18. The van der Waals surface area contributed by atoms with Gasteiger partial charge in [-0.25, -0.2) is 9.97 Å². The predicted molar refractivity (Wildman–Crippen MR) is 75.2 cm³/mol. The second-order valence-electron chi connectivity index (χ2n) is 3.51. The lowest BCUT2D eigenvalue weighted by Crippen LogP contribution is -2.05. The Kier molecular flexibility index (Phi) is 3.96. The molecule has 0 atom stereocenters. The number of hydrogen-bond acceptors (Lipinski definition) is 5. The van der Waals surface area contributed by atoms with Crippen molar-refractivity contribution in [2.45, 2.75) is 19.9 Å². The molecule has 3 N–H and O–H groups in total. The van der Waals surface area contributed by atoms with Gasteiger partial charge >= 0.3 is 0 Å². The highest BCUT2D eigenvalue weighted by molar-refractivity contribution is 9.11. The topological polar surface area (TPSA) is 63.8 Å². The Balaban J connectivity index is 2.05. The van der Waals surface area contributed by atoms with Crippen molar-refractivity contribution < 1.29 is 0 Å². The van der Waals surface area contributed by atoms with Crippen LogP contribution < -0.4 is 11.1 Å². The average molecular weight is 313 g/mol. The first-order valence-electron chi connectivity index (χ1n) is 5.29. The smallest absolute Gasteiger partial charge is 0.132 e. The van der Waals surface area contributed by atoms with Crippen molar-refractivity contribution in [3.8, 4) is 0 Å². The molecule has 0 aromatic carbocycles. The molecule has 0 aliphatic rings. The highest BCUT2D eigenvalue weighted by Gasteiger charge is 2.02. The molecule has 0 aliphatic carbocycles. The average Bonchev–Trinajstić information content (AvgIpc) is 2.72. The maximum absolute atomic E-state index is 5.71. The number of hydrogen-bond donors (Lipinski definition) is 2. The quantitative estimate of drug-likeness (QED) is 0.910. The van der Waals surface area contributed by atoms with Gasteiger partial charge in [0.05, 0.1) is 10.3 Å². The summed E-state index contributed by atoms with van der Waals surface area (Å²) in [5.74, 6) is 2.05. The first-order valence-corrected chi connectivity index (χ1v) is 6.90. The van der Waals surface area contributed by atoms with E-state index in [1.165, 1.54) is 4.88 Å². The van der Waals surface area contributed by atoms with Crippen molar-refractivity contribution in [1.82, 2.24) is 9.97 Å². The first kappa shape index (κ1) is 12.3. The van der Waals surface area contributed by atoms with Gasteiger partial charge in [0.25, 0.3) is 0 Å². The summed E-state index contributed by atoms with van der Waals surface area (Å²) in [5, 5.41) is 3.25. The molecule has 2 rings (SSSR count). The highest BCUT2D eigenvalue weighted by atomic mass is 79.9. The van der Waals surface area contributed by atoms with E-state index in [9.17, 15) is 0 Å². The SMILES string of the molecule is CCc1nc(N)cc(NCc2ccc(Br)s2)n1. The number of rotatable bonds is 4. The monoisotopic (exact) mass is 312 g/mol. The molecule has 0 saturated carbocycles. The van der Waals surface area contributed by atoms with Crippen LogP contribution in [0.15, 0.2) is 22.0 Å². The summed E-state index contributed by atoms with van der Waals surface area (Å²) in [6.07, 6.45) is 0.782. The van der Waals surface area contributed by atoms with Crippen molar-refractivity contribution >= 4 is 38.9 Å².